The van der Waals surface area contributed by atoms with Crippen molar-refractivity contribution in [2.75, 3.05) is 0 Å². The Bertz CT molecular complexity index is 1250. The summed E-state index contributed by atoms with van der Waals surface area (Å²) in [4.78, 5) is 9.20. The fourth-order valence-electron chi connectivity index (χ4n) is 3.47. The molecule has 4 heteroatoms. The van der Waals surface area contributed by atoms with Crippen LogP contribution in [0.15, 0.2) is 71.4 Å². The zero-order chi connectivity index (χ0) is 17.7. The number of benzene rings is 2. The standard InChI is InChI=1S/C22H17N3O/c1-14-8-10-17-18-11-9-15(2)24-22(18)26-20(17)19(14)21-23-12-13-25(21)16-6-4-3-5-7-16/h3-13H,1-2H3. The lowest BCUT2D eigenvalue weighted by atomic mass is 10.0. The molecule has 0 bridgehead atoms. The number of para-hydroxylation sites is 1. The van der Waals surface area contributed by atoms with Gasteiger partial charge in [-0.05, 0) is 43.7 Å². The largest absolute Gasteiger partial charge is 0.437 e. The molecular formula is C22H17N3O. The molecule has 0 aliphatic rings. The van der Waals surface area contributed by atoms with E-state index in [4.69, 9.17) is 4.42 Å². The minimum Gasteiger partial charge on any atom is -0.437 e. The molecule has 2 aromatic carbocycles. The van der Waals surface area contributed by atoms with Crippen LogP contribution in [0.5, 0.6) is 0 Å². The van der Waals surface area contributed by atoms with Crippen LogP contribution in [-0.4, -0.2) is 14.5 Å². The molecule has 0 N–H and O–H groups in total. The summed E-state index contributed by atoms with van der Waals surface area (Å²) in [5.74, 6) is 0.870. The van der Waals surface area contributed by atoms with Crippen LogP contribution < -0.4 is 0 Å². The van der Waals surface area contributed by atoms with E-state index in [1.807, 2.05) is 43.6 Å². The molecule has 0 atom stereocenters. The first kappa shape index (κ1) is 14.9. The van der Waals surface area contributed by atoms with E-state index in [2.05, 4.69) is 51.8 Å². The van der Waals surface area contributed by atoms with Crippen molar-refractivity contribution in [2.24, 2.45) is 0 Å². The highest BCUT2D eigenvalue weighted by Crippen LogP contribution is 2.37. The Labute approximate surface area is 150 Å². The molecule has 5 aromatic rings. The van der Waals surface area contributed by atoms with Crippen molar-refractivity contribution in [1.29, 1.82) is 0 Å². The van der Waals surface area contributed by atoms with Crippen LogP contribution in [0.25, 0.3) is 39.1 Å². The van der Waals surface area contributed by atoms with Gasteiger partial charge in [0.25, 0.3) is 0 Å². The van der Waals surface area contributed by atoms with Gasteiger partial charge in [0, 0.05) is 34.5 Å². The monoisotopic (exact) mass is 339 g/mol. The van der Waals surface area contributed by atoms with E-state index < -0.39 is 0 Å². The molecule has 4 nitrogen and oxygen atoms in total. The Morgan fingerprint density at radius 2 is 1.69 bits per heavy atom. The van der Waals surface area contributed by atoms with Crippen LogP contribution in [0.1, 0.15) is 11.3 Å². The maximum atomic E-state index is 6.20. The maximum Gasteiger partial charge on any atom is 0.227 e. The first-order chi connectivity index (χ1) is 12.7. The van der Waals surface area contributed by atoms with E-state index in [0.29, 0.717) is 5.71 Å². The smallest absolute Gasteiger partial charge is 0.227 e. The Morgan fingerprint density at radius 3 is 2.54 bits per heavy atom. The molecule has 0 saturated carbocycles. The zero-order valence-corrected chi connectivity index (χ0v) is 14.6. The van der Waals surface area contributed by atoms with Crippen LogP contribution in [0.3, 0.4) is 0 Å². The van der Waals surface area contributed by atoms with Gasteiger partial charge in [-0.25, -0.2) is 9.97 Å². The number of aryl methyl sites for hydroxylation is 2. The molecule has 126 valence electrons. The third-order valence-electron chi connectivity index (χ3n) is 4.75. The molecular weight excluding hydrogens is 322 g/mol. The molecule has 0 radical (unpaired) electrons. The first-order valence-corrected chi connectivity index (χ1v) is 8.61. The highest BCUT2D eigenvalue weighted by molar-refractivity contribution is 6.08. The molecule has 0 spiro atoms. The molecule has 0 saturated heterocycles. The second-order valence-corrected chi connectivity index (χ2v) is 6.50. The average molecular weight is 339 g/mol. The summed E-state index contributed by atoms with van der Waals surface area (Å²) in [6, 6.07) is 18.5. The van der Waals surface area contributed by atoms with Crippen molar-refractivity contribution in [3.8, 4) is 17.1 Å². The summed E-state index contributed by atoms with van der Waals surface area (Å²) in [5.41, 5.74) is 5.65. The van der Waals surface area contributed by atoms with Crippen molar-refractivity contribution in [3.63, 3.8) is 0 Å². The van der Waals surface area contributed by atoms with Gasteiger partial charge >= 0.3 is 0 Å². The molecule has 0 aliphatic carbocycles. The number of nitrogens with zero attached hydrogens (tertiary/aromatic N) is 3. The van der Waals surface area contributed by atoms with Gasteiger partial charge in [-0.1, -0.05) is 30.3 Å². The predicted molar refractivity (Wildman–Crippen MR) is 104 cm³/mol. The minimum absolute atomic E-state index is 0.671. The molecule has 3 heterocycles. The Balaban J connectivity index is 1.84. The summed E-state index contributed by atoms with van der Waals surface area (Å²) in [5, 5.41) is 2.10. The van der Waals surface area contributed by atoms with E-state index in [1.165, 1.54) is 0 Å². The number of aromatic nitrogens is 3. The lowest BCUT2D eigenvalue weighted by Gasteiger charge is -2.10. The van der Waals surface area contributed by atoms with Crippen molar-refractivity contribution >= 4 is 22.1 Å². The van der Waals surface area contributed by atoms with Crippen LogP contribution in [-0.2, 0) is 0 Å². The summed E-state index contributed by atoms with van der Waals surface area (Å²) < 4.78 is 8.29. The van der Waals surface area contributed by atoms with E-state index in [1.54, 1.807) is 0 Å². The van der Waals surface area contributed by atoms with Gasteiger partial charge in [-0.2, -0.15) is 0 Å². The zero-order valence-electron chi connectivity index (χ0n) is 14.6. The number of rotatable bonds is 2. The highest BCUT2D eigenvalue weighted by atomic mass is 16.3. The summed E-state index contributed by atoms with van der Waals surface area (Å²) in [7, 11) is 0. The number of imidazole rings is 1. The van der Waals surface area contributed by atoms with Crippen molar-refractivity contribution < 1.29 is 4.42 Å². The average Bonchev–Trinajstić information content (AvgIpc) is 3.26. The number of hydrogen-bond acceptors (Lipinski definition) is 3. The normalized spacial score (nSPS) is 11.5. The number of furan rings is 1. The maximum absolute atomic E-state index is 6.20. The fraction of sp³-hybridized carbons (Fsp3) is 0.0909. The number of hydrogen-bond donors (Lipinski definition) is 0. The lowest BCUT2D eigenvalue weighted by Crippen LogP contribution is -1.97. The highest BCUT2D eigenvalue weighted by Gasteiger charge is 2.19. The van der Waals surface area contributed by atoms with Crippen LogP contribution in [0.2, 0.25) is 0 Å². The first-order valence-electron chi connectivity index (χ1n) is 8.61. The molecule has 0 amide bonds. The fourth-order valence-corrected chi connectivity index (χ4v) is 3.47. The second kappa shape index (κ2) is 5.56. The summed E-state index contributed by atoms with van der Waals surface area (Å²) in [6.07, 6.45) is 3.81. The Hall–Kier alpha value is -3.40. The molecule has 5 rings (SSSR count). The third kappa shape index (κ3) is 2.15. The summed E-state index contributed by atoms with van der Waals surface area (Å²) >= 11 is 0. The van der Waals surface area contributed by atoms with Crippen molar-refractivity contribution in [1.82, 2.24) is 14.5 Å². The van der Waals surface area contributed by atoms with Gasteiger partial charge in [-0.3, -0.25) is 4.57 Å². The van der Waals surface area contributed by atoms with E-state index in [0.717, 1.165) is 44.7 Å². The van der Waals surface area contributed by atoms with Crippen molar-refractivity contribution in [3.05, 3.63) is 78.2 Å². The molecule has 3 aromatic heterocycles. The third-order valence-corrected chi connectivity index (χ3v) is 4.75. The van der Waals surface area contributed by atoms with Gasteiger partial charge < -0.3 is 4.42 Å². The van der Waals surface area contributed by atoms with Crippen molar-refractivity contribution in [2.45, 2.75) is 13.8 Å². The SMILES string of the molecule is Cc1ccc2c(n1)oc1c(-c3nccn3-c3ccccc3)c(C)ccc12. The van der Waals surface area contributed by atoms with E-state index in [9.17, 15) is 0 Å². The second-order valence-electron chi connectivity index (χ2n) is 6.50. The van der Waals surface area contributed by atoms with Crippen LogP contribution in [0.4, 0.5) is 0 Å². The number of pyridine rings is 1. The topological polar surface area (TPSA) is 43.9 Å². The summed E-state index contributed by atoms with van der Waals surface area (Å²) in [6.45, 7) is 4.06. The van der Waals surface area contributed by atoms with Crippen LogP contribution >= 0.6 is 0 Å². The molecule has 0 fully saturated rings. The quantitative estimate of drug-likeness (QED) is 0.429. The molecule has 26 heavy (non-hydrogen) atoms. The lowest BCUT2D eigenvalue weighted by molar-refractivity contribution is 0.653. The Morgan fingerprint density at radius 1 is 0.885 bits per heavy atom. The van der Waals surface area contributed by atoms with E-state index >= 15 is 0 Å². The molecule has 0 unspecified atom stereocenters. The number of fused-ring (bicyclic) bond motifs is 3. The van der Waals surface area contributed by atoms with Gasteiger partial charge in [0.1, 0.15) is 11.4 Å². The Kier molecular flexibility index (Phi) is 3.19. The van der Waals surface area contributed by atoms with E-state index in [-0.39, 0.29) is 0 Å². The van der Waals surface area contributed by atoms with Gasteiger partial charge in [-0.15, -0.1) is 0 Å². The van der Waals surface area contributed by atoms with Gasteiger partial charge in [0.15, 0.2) is 0 Å². The minimum atomic E-state index is 0.671. The van der Waals surface area contributed by atoms with Gasteiger partial charge in [0.2, 0.25) is 5.71 Å². The van der Waals surface area contributed by atoms with Gasteiger partial charge in [0.05, 0.1) is 5.56 Å². The molecule has 0 aliphatic heterocycles. The predicted octanol–water partition coefficient (Wildman–Crippen LogP) is 5.45. The van der Waals surface area contributed by atoms with Crippen LogP contribution in [0, 0.1) is 13.8 Å².